The summed E-state index contributed by atoms with van der Waals surface area (Å²) in [4.78, 5) is 19.7. The van der Waals surface area contributed by atoms with E-state index in [-0.39, 0.29) is 18.2 Å². The lowest BCUT2D eigenvalue weighted by Gasteiger charge is -2.36. The molecule has 36 heavy (non-hydrogen) atoms. The van der Waals surface area contributed by atoms with Crippen molar-refractivity contribution < 1.29 is 19.3 Å². The number of fused-ring (bicyclic) bond motifs is 1. The summed E-state index contributed by atoms with van der Waals surface area (Å²) >= 11 is 3.45. The Bertz CT molecular complexity index is 1170. The minimum atomic E-state index is -0.125. The molecule has 0 aliphatic carbocycles. The van der Waals surface area contributed by atoms with Crippen LogP contribution in [0.5, 0.6) is 5.75 Å². The number of aromatic nitrogens is 2. The highest BCUT2D eigenvalue weighted by atomic mass is 79.9. The number of nitrogens with one attached hydrogen (secondary N) is 1. The lowest BCUT2D eigenvalue weighted by atomic mass is 9.88. The van der Waals surface area contributed by atoms with Gasteiger partial charge in [0, 0.05) is 25.3 Å². The molecule has 194 valence electrons. The third kappa shape index (κ3) is 7.04. The van der Waals surface area contributed by atoms with Crippen LogP contribution < -0.4 is 15.6 Å². The smallest absolute Gasteiger partial charge is 0.274 e. The Hall–Kier alpha value is -2.50. The number of halogens is 1. The van der Waals surface area contributed by atoms with E-state index in [4.69, 9.17) is 19.3 Å². The van der Waals surface area contributed by atoms with Gasteiger partial charge in [-0.2, -0.15) is 0 Å². The lowest BCUT2D eigenvalue weighted by Crippen LogP contribution is -2.43. The van der Waals surface area contributed by atoms with Crippen LogP contribution in [0.4, 0.5) is 5.82 Å². The van der Waals surface area contributed by atoms with Crippen molar-refractivity contribution in [2.75, 3.05) is 65.1 Å². The van der Waals surface area contributed by atoms with Crippen molar-refractivity contribution >= 4 is 27.4 Å². The second-order valence-electron chi connectivity index (χ2n) is 8.87. The van der Waals surface area contributed by atoms with Crippen LogP contribution in [0.1, 0.15) is 17.9 Å². The van der Waals surface area contributed by atoms with Crippen molar-refractivity contribution in [3.63, 3.8) is 0 Å². The molecule has 1 fully saturated rings. The van der Waals surface area contributed by atoms with Gasteiger partial charge in [-0.1, -0.05) is 18.2 Å². The first-order valence-electron chi connectivity index (χ1n) is 12.2. The monoisotopic (exact) mass is 560 g/mol. The Morgan fingerprint density at radius 1 is 1.06 bits per heavy atom. The fourth-order valence-electron chi connectivity index (χ4n) is 4.46. The highest BCUT2D eigenvalue weighted by Crippen LogP contribution is 2.30. The van der Waals surface area contributed by atoms with Crippen LogP contribution in [-0.2, 0) is 9.47 Å². The Labute approximate surface area is 219 Å². The number of anilines is 1. The van der Waals surface area contributed by atoms with Crippen molar-refractivity contribution in [2.24, 2.45) is 0 Å². The lowest BCUT2D eigenvalue weighted by molar-refractivity contribution is 0.0247. The van der Waals surface area contributed by atoms with E-state index >= 15 is 0 Å². The number of pyridine rings is 1. The van der Waals surface area contributed by atoms with Gasteiger partial charge in [-0.05, 0) is 65.1 Å². The van der Waals surface area contributed by atoms with E-state index in [1.54, 1.807) is 6.20 Å². The predicted octanol–water partition coefficient (Wildman–Crippen LogP) is 2.76. The molecule has 0 bridgehead atoms. The number of hydrogen-bond donors (Lipinski definition) is 2. The molecule has 3 heterocycles. The van der Waals surface area contributed by atoms with Gasteiger partial charge < -0.3 is 29.5 Å². The molecule has 0 radical (unpaired) electrons. The summed E-state index contributed by atoms with van der Waals surface area (Å²) in [6.45, 7) is 4.06. The molecular weight excluding hydrogens is 528 g/mol. The first kappa shape index (κ1) is 26.6. The second kappa shape index (κ2) is 13.2. The summed E-state index contributed by atoms with van der Waals surface area (Å²) in [5, 5.41) is 12.2. The average Bonchev–Trinajstić information content (AvgIpc) is 2.89. The fourth-order valence-corrected chi connectivity index (χ4v) is 4.86. The molecule has 0 saturated carbocycles. The molecular formula is C26H33BrN4O5. The number of hydrogen-bond acceptors (Lipinski definition) is 8. The number of nitrogens with zero attached hydrogens (tertiary/aromatic N) is 3. The summed E-state index contributed by atoms with van der Waals surface area (Å²) in [6.07, 6.45) is 2.65. The number of piperidine rings is 1. The molecule has 3 aromatic rings. The number of likely N-dealkylation sites (N-methyl/N-ethyl adjacent to an activating group) is 1. The van der Waals surface area contributed by atoms with Gasteiger partial charge in [-0.15, -0.1) is 0 Å². The second-order valence-corrected chi connectivity index (χ2v) is 9.66. The third-order valence-corrected chi connectivity index (χ3v) is 6.82. The topological polar surface area (TPSA) is 97.6 Å². The van der Waals surface area contributed by atoms with Crippen molar-refractivity contribution in [2.45, 2.75) is 18.4 Å². The third-order valence-electron chi connectivity index (χ3n) is 6.11. The van der Waals surface area contributed by atoms with Gasteiger partial charge in [-0.25, -0.2) is 4.98 Å². The maximum absolute atomic E-state index is 12.7. The Kier molecular flexibility index (Phi) is 9.71. The number of ether oxygens (including phenoxy) is 3. The standard InChI is InChI=1S/C26H33BrN4O5/c1-30-17-20(19-5-7-22(8-6-19)36-15-14-35-13-12-34-11-10-32)16-21(18-30)28-25-24(27)26(33)31-9-3-2-4-23(31)29-25/h2-9,20-21,28,32H,10-18H2,1H3. The quantitative estimate of drug-likeness (QED) is 0.326. The Morgan fingerprint density at radius 2 is 1.81 bits per heavy atom. The summed E-state index contributed by atoms with van der Waals surface area (Å²) in [5.74, 6) is 1.73. The maximum atomic E-state index is 12.7. The molecule has 1 aromatic carbocycles. The number of aliphatic hydroxyl groups is 1. The SMILES string of the molecule is CN1CC(Nc2nc3ccccn3c(=O)c2Br)CC(c2ccc(OCCOCCOCCO)cc2)C1. The summed E-state index contributed by atoms with van der Waals surface area (Å²) in [5.41, 5.74) is 1.74. The Balaban J connectivity index is 1.31. The van der Waals surface area contributed by atoms with Gasteiger partial charge in [0.15, 0.2) is 0 Å². The predicted molar refractivity (Wildman–Crippen MR) is 142 cm³/mol. The first-order valence-corrected chi connectivity index (χ1v) is 13.0. The summed E-state index contributed by atoms with van der Waals surface area (Å²) in [6, 6.07) is 13.9. The van der Waals surface area contributed by atoms with Crippen LogP contribution in [0.2, 0.25) is 0 Å². The molecule has 1 saturated heterocycles. The van der Waals surface area contributed by atoms with Crippen molar-refractivity contribution in [1.82, 2.24) is 14.3 Å². The van der Waals surface area contributed by atoms with E-state index in [1.807, 2.05) is 30.3 Å². The van der Waals surface area contributed by atoms with Crippen LogP contribution in [0.15, 0.2) is 57.9 Å². The fraction of sp³-hybridized carbons (Fsp3) is 0.462. The first-order chi connectivity index (χ1) is 17.5. The normalized spacial score (nSPS) is 18.4. The highest BCUT2D eigenvalue weighted by molar-refractivity contribution is 9.10. The van der Waals surface area contributed by atoms with E-state index in [0.717, 1.165) is 25.3 Å². The molecule has 2 atom stereocenters. The highest BCUT2D eigenvalue weighted by Gasteiger charge is 2.27. The van der Waals surface area contributed by atoms with Gasteiger partial charge in [0.2, 0.25) is 0 Å². The molecule has 2 aromatic heterocycles. The molecule has 1 aliphatic heterocycles. The van der Waals surface area contributed by atoms with E-state index in [2.05, 4.69) is 50.3 Å². The molecule has 4 rings (SSSR count). The molecule has 10 heteroatoms. The van der Waals surface area contributed by atoms with Gasteiger partial charge >= 0.3 is 0 Å². The van der Waals surface area contributed by atoms with Gasteiger partial charge in [-0.3, -0.25) is 9.20 Å². The van der Waals surface area contributed by atoms with Crippen LogP contribution in [-0.4, -0.2) is 85.2 Å². The average molecular weight is 561 g/mol. The van der Waals surface area contributed by atoms with Crippen molar-refractivity contribution in [1.29, 1.82) is 0 Å². The number of benzene rings is 1. The summed E-state index contributed by atoms with van der Waals surface area (Å²) in [7, 11) is 2.12. The zero-order chi connectivity index (χ0) is 25.3. The van der Waals surface area contributed by atoms with Crippen LogP contribution >= 0.6 is 15.9 Å². The summed E-state index contributed by atoms with van der Waals surface area (Å²) < 4.78 is 18.4. The van der Waals surface area contributed by atoms with Crippen LogP contribution in [0, 0.1) is 0 Å². The van der Waals surface area contributed by atoms with E-state index in [1.165, 1.54) is 9.96 Å². The van der Waals surface area contributed by atoms with Crippen LogP contribution in [0.3, 0.4) is 0 Å². The van der Waals surface area contributed by atoms with Gasteiger partial charge in [0.1, 0.15) is 28.3 Å². The van der Waals surface area contributed by atoms with Crippen molar-refractivity contribution in [3.8, 4) is 5.75 Å². The molecule has 2 unspecified atom stereocenters. The minimum Gasteiger partial charge on any atom is -0.491 e. The minimum absolute atomic E-state index is 0.0222. The molecule has 9 nitrogen and oxygen atoms in total. The molecule has 0 spiro atoms. The largest absolute Gasteiger partial charge is 0.491 e. The number of aliphatic hydroxyl groups excluding tert-OH is 1. The molecule has 0 amide bonds. The Morgan fingerprint density at radius 3 is 2.58 bits per heavy atom. The van der Waals surface area contributed by atoms with Crippen molar-refractivity contribution in [3.05, 3.63) is 69.1 Å². The zero-order valence-electron chi connectivity index (χ0n) is 20.4. The van der Waals surface area contributed by atoms with E-state index < -0.39 is 0 Å². The molecule has 2 N–H and O–H groups in total. The van der Waals surface area contributed by atoms with Gasteiger partial charge in [0.25, 0.3) is 5.56 Å². The maximum Gasteiger partial charge on any atom is 0.274 e. The molecule has 1 aliphatic rings. The van der Waals surface area contributed by atoms with E-state index in [9.17, 15) is 4.79 Å². The van der Waals surface area contributed by atoms with E-state index in [0.29, 0.717) is 54.9 Å². The number of rotatable bonds is 12. The van der Waals surface area contributed by atoms with Crippen LogP contribution in [0.25, 0.3) is 5.65 Å². The number of likely N-dealkylation sites (tertiary alicyclic amines) is 1. The van der Waals surface area contributed by atoms with Gasteiger partial charge in [0.05, 0.1) is 33.0 Å². The zero-order valence-corrected chi connectivity index (χ0v) is 22.0.